The lowest BCUT2D eigenvalue weighted by molar-refractivity contribution is -0.274. The summed E-state index contributed by atoms with van der Waals surface area (Å²) in [6, 6.07) is 9.74. The van der Waals surface area contributed by atoms with Gasteiger partial charge in [0.15, 0.2) is 11.6 Å². The van der Waals surface area contributed by atoms with E-state index >= 15 is 0 Å². The number of likely N-dealkylation sites (tertiary alicyclic amines) is 1. The lowest BCUT2D eigenvalue weighted by Gasteiger charge is -2.30. The Morgan fingerprint density at radius 3 is 2.64 bits per heavy atom. The number of aromatic nitrogens is 3. The Balaban J connectivity index is 1.60. The van der Waals surface area contributed by atoms with Crippen LogP contribution in [0.5, 0.6) is 5.75 Å². The van der Waals surface area contributed by atoms with E-state index in [0.29, 0.717) is 23.2 Å². The van der Waals surface area contributed by atoms with E-state index in [9.17, 15) is 13.2 Å². The monoisotopic (exact) mass is 391 g/mol. The first-order valence-electron chi connectivity index (χ1n) is 9.04. The van der Waals surface area contributed by atoms with E-state index in [4.69, 9.17) is 0 Å². The number of likely N-dealkylation sites (N-methyl/N-ethyl adjacent to an activating group) is 1. The van der Waals surface area contributed by atoms with E-state index in [0.717, 1.165) is 31.4 Å². The molecule has 0 amide bonds. The van der Waals surface area contributed by atoms with Crippen LogP contribution in [-0.2, 0) is 0 Å². The zero-order valence-electron chi connectivity index (χ0n) is 15.3. The van der Waals surface area contributed by atoms with Crippen LogP contribution in [0.2, 0.25) is 0 Å². The molecule has 1 atom stereocenters. The first kappa shape index (κ1) is 18.5. The van der Waals surface area contributed by atoms with Gasteiger partial charge in [0.25, 0.3) is 0 Å². The summed E-state index contributed by atoms with van der Waals surface area (Å²) in [7, 11) is 2.10. The number of alkyl halides is 3. The van der Waals surface area contributed by atoms with Crippen LogP contribution in [0.1, 0.15) is 12.8 Å². The quantitative estimate of drug-likeness (QED) is 0.733. The van der Waals surface area contributed by atoms with Gasteiger partial charge in [-0.05, 0) is 62.8 Å². The first-order valence-corrected chi connectivity index (χ1v) is 9.04. The third-order valence-electron chi connectivity index (χ3n) is 4.78. The molecule has 0 radical (unpaired) electrons. The van der Waals surface area contributed by atoms with E-state index in [-0.39, 0.29) is 5.75 Å². The van der Waals surface area contributed by atoms with Gasteiger partial charge in [0.2, 0.25) is 0 Å². The van der Waals surface area contributed by atoms with Crippen LogP contribution in [-0.4, -0.2) is 52.0 Å². The number of nitrogens with one attached hydrogen (secondary N) is 1. The van der Waals surface area contributed by atoms with Gasteiger partial charge in [-0.25, -0.2) is 0 Å². The molecular weight excluding hydrogens is 371 g/mol. The minimum Gasteiger partial charge on any atom is -0.406 e. The maximum Gasteiger partial charge on any atom is 0.573 e. The zero-order chi connectivity index (χ0) is 19.7. The van der Waals surface area contributed by atoms with Crippen LogP contribution in [0.4, 0.5) is 19.0 Å². The minimum atomic E-state index is -4.71. The largest absolute Gasteiger partial charge is 0.573 e. The molecule has 0 spiro atoms. The highest BCUT2D eigenvalue weighted by molar-refractivity contribution is 5.72. The summed E-state index contributed by atoms with van der Waals surface area (Å²) in [4.78, 5) is 2.28. The predicted molar refractivity (Wildman–Crippen MR) is 99.2 cm³/mol. The Labute approximate surface area is 159 Å². The number of benzene rings is 1. The number of halogens is 3. The third-order valence-corrected chi connectivity index (χ3v) is 4.78. The van der Waals surface area contributed by atoms with Crippen molar-refractivity contribution in [1.82, 2.24) is 19.5 Å². The summed E-state index contributed by atoms with van der Waals surface area (Å²) in [5, 5.41) is 12.1. The van der Waals surface area contributed by atoms with Crippen LogP contribution >= 0.6 is 0 Å². The van der Waals surface area contributed by atoms with Crippen molar-refractivity contribution in [2.24, 2.45) is 0 Å². The molecule has 1 saturated heterocycles. The number of hydrogen-bond acceptors (Lipinski definition) is 5. The molecule has 0 bridgehead atoms. The maximum atomic E-state index is 12.3. The van der Waals surface area contributed by atoms with E-state index in [1.807, 2.05) is 22.7 Å². The van der Waals surface area contributed by atoms with Gasteiger partial charge in [-0.3, -0.25) is 4.40 Å². The van der Waals surface area contributed by atoms with Gasteiger partial charge in [0.05, 0.1) is 5.52 Å². The van der Waals surface area contributed by atoms with Crippen LogP contribution in [0.3, 0.4) is 0 Å². The molecule has 1 aliphatic heterocycles. The molecule has 3 aromatic rings. The average molecular weight is 391 g/mol. The van der Waals surface area contributed by atoms with E-state index in [1.165, 1.54) is 24.3 Å². The van der Waals surface area contributed by atoms with Gasteiger partial charge in [0.1, 0.15) is 5.75 Å². The molecule has 9 heteroatoms. The Morgan fingerprint density at radius 2 is 1.93 bits per heavy atom. The van der Waals surface area contributed by atoms with Crippen LogP contribution in [0.15, 0.2) is 42.6 Å². The molecule has 148 valence electrons. The van der Waals surface area contributed by atoms with Gasteiger partial charge in [-0.15, -0.1) is 23.4 Å². The first-order chi connectivity index (χ1) is 13.4. The second kappa shape index (κ2) is 7.31. The van der Waals surface area contributed by atoms with Gasteiger partial charge >= 0.3 is 6.36 Å². The summed E-state index contributed by atoms with van der Waals surface area (Å²) in [5.41, 5.74) is 1.51. The predicted octanol–water partition coefficient (Wildman–Crippen LogP) is 3.80. The minimum absolute atomic E-state index is 0.271. The fraction of sp³-hybridized carbons (Fsp3) is 0.368. The molecule has 1 N–H and O–H groups in total. The highest BCUT2D eigenvalue weighted by atomic mass is 19.4. The molecule has 2 aromatic heterocycles. The normalized spacial score (nSPS) is 18.4. The van der Waals surface area contributed by atoms with Crippen LogP contribution in [0.25, 0.3) is 16.9 Å². The molecular formula is C19H20F3N5O. The molecule has 6 nitrogen and oxygen atoms in total. The fourth-order valence-corrected chi connectivity index (χ4v) is 3.54. The summed E-state index contributed by atoms with van der Waals surface area (Å²) in [6.07, 6.45) is -0.655. The Morgan fingerprint density at radius 1 is 1.14 bits per heavy atom. The van der Waals surface area contributed by atoms with Crippen molar-refractivity contribution in [1.29, 1.82) is 0 Å². The third kappa shape index (κ3) is 4.04. The molecule has 0 saturated carbocycles. The summed E-state index contributed by atoms with van der Waals surface area (Å²) in [6.45, 7) is 2.04. The number of hydrogen-bond donors (Lipinski definition) is 1. The van der Waals surface area contributed by atoms with Crippen molar-refractivity contribution in [3.8, 4) is 17.1 Å². The Hall–Kier alpha value is -2.81. The topological polar surface area (TPSA) is 54.7 Å². The van der Waals surface area contributed by atoms with E-state index < -0.39 is 6.36 Å². The number of rotatable bonds is 4. The van der Waals surface area contributed by atoms with Gasteiger partial charge < -0.3 is 15.0 Å². The standard InChI is InChI=1S/C19H20F3N5O/c1-26-10-2-4-14(12-26)23-17-16-5-3-11-27(16)18(25-24-17)13-6-8-15(9-7-13)28-19(20,21)22/h3,5-9,11,14H,2,4,10,12H2,1H3,(H,23,24)/t14-/m1/s1. The molecule has 0 unspecified atom stereocenters. The van der Waals surface area contributed by atoms with Gasteiger partial charge in [-0.1, -0.05) is 0 Å². The molecule has 1 aliphatic rings. The van der Waals surface area contributed by atoms with Gasteiger partial charge in [0, 0.05) is 24.3 Å². The van der Waals surface area contributed by atoms with Crippen molar-refractivity contribution < 1.29 is 17.9 Å². The number of nitrogens with zero attached hydrogens (tertiary/aromatic N) is 4. The summed E-state index contributed by atoms with van der Waals surface area (Å²) in [5.74, 6) is 0.976. The van der Waals surface area contributed by atoms with Crippen molar-refractivity contribution >= 4 is 11.3 Å². The molecule has 1 aromatic carbocycles. The Kier molecular flexibility index (Phi) is 4.84. The van der Waals surface area contributed by atoms with Crippen molar-refractivity contribution in [3.05, 3.63) is 42.6 Å². The highest BCUT2D eigenvalue weighted by Crippen LogP contribution is 2.27. The van der Waals surface area contributed by atoms with Crippen molar-refractivity contribution in [2.75, 3.05) is 25.5 Å². The van der Waals surface area contributed by atoms with E-state index in [2.05, 4.69) is 32.2 Å². The van der Waals surface area contributed by atoms with Crippen LogP contribution < -0.4 is 10.1 Å². The highest BCUT2D eigenvalue weighted by Gasteiger charge is 2.31. The number of anilines is 1. The molecule has 28 heavy (non-hydrogen) atoms. The smallest absolute Gasteiger partial charge is 0.406 e. The number of ether oxygens (including phenoxy) is 1. The average Bonchev–Trinajstić information content (AvgIpc) is 3.12. The molecule has 0 aliphatic carbocycles. The number of fused-ring (bicyclic) bond motifs is 1. The van der Waals surface area contributed by atoms with E-state index in [1.54, 1.807) is 0 Å². The Bertz CT molecular complexity index is 954. The lowest BCUT2D eigenvalue weighted by atomic mass is 10.1. The summed E-state index contributed by atoms with van der Waals surface area (Å²) < 4.78 is 42.8. The number of piperidine rings is 1. The second-order valence-electron chi connectivity index (χ2n) is 6.95. The molecule has 3 heterocycles. The zero-order valence-corrected chi connectivity index (χ0v) is 15.3. The van der Waals surface area contributed by atoms with Crippen molar-refractivity contribution in [2.45, 2.75) is 25.2 Å². The fourth-order valence-electron chi connectivity index (χ4n) is 3.54. The SMILES string of the molecule is CN1CCC[C@@H](Nc2nnc(-c3ccc(OC(F)(F)F)cc3)n3cccc23)C1. The second-order valence-corrected chi connectivity index (χ2v) is 6.95. The lowest BCUT2D eigenvalue weighted by Crippen LogP contribution is -2.40. The summed E-state index contributed by atoms with van der Waals surface area (Å²) >= 11 is 0. The molecule has 1 fully saturated rings. The molecule has 4 rings (SSSR count). The van der Waals surface area contributed by atoms with Crippen LogP contribution in [0, 0.1) is 0 Å². The maximum absolute atomic E-state index is 12.3. The van der Waals surface area contributed by atoms with Crippen molar-refractivity contribution in [3.63, 3.8) is 0 Å². The van der Waals surface area contributed by atoms with Gasteiger partial charge in [-0.2, -0.15) is 0 Å².